The van der Waals surface area contributed by atoms with Crippen LogP contribution in [0.25, 0.3) is 4.13 Å². The van der Waals surface area contributed by atoms with Crippen molar-refractivity contribution in [2.45, 2.75) is 43.6 Å². The lowest BCUT2D eigenvalue weighted by atomic mass is 10.1. The highest BCUT2D eigenvalue weighted by Gasteiger charge is 2.46. The minimum Gasteiger partial charge on any atom is -0.421 e. The van der Waals surface area contributed by atoms with Crippen LogP contribution < -0.4 is 5.32 Å². The van der Waals surface area contributed by atoms with Crippen molar-refractivity contribution in [2.75, 3.05) is 39.8 Å². The van der Waals surface area contributed by atoms with Gasteiger partial charge in [-0.3, -0.25) is 0 Å². The number of piperazine rings is 1. The van der Waals surface area contributed by atoms with Crippen molar-refractivity contribution in [3.05, 3.63) is 4.13 Å². The molecule has 0 radical (unpaired) electrons. The molecule has 1 N–H and O–H groups in total. The maximum Gasteiger partial charge on any atom is 0.480 e. The molecule has 15 heteroatoms. The van der Waals surface area contributed by atoms with Crippen molar-refractivity contribution in [3.8, 4) is 0 Å². The maximum atomic E-state index is 11.4. The van der Waals surface area contributed by atoms with Gasteiger partial charge in [0.25, 0.3) is 0 Å². The van der Waals surface area contributed by atoms with E-state index in [2.05, 4.69) is 19.3 Å². The van der Waals surface area contributed by atoms with E-state index in [1.807, 2.05) is 0 Å². The zero-order valence-corrected chi connectivity index (χ0v) is 17.1. The number of nitrogens with one attached hydrogen (secondary N) is 1. The molecule has 1 fully saturated rings. The minimum atomic E-state index is -6.72. The average Bonchev–Trinajstić information content (AvgIpc) is 2.50. The van der Waals surface area contributed by atoms with Gasteiger partial charge in [-0.05, 0) is 12.8 Å². The van der Waals surface area contributed by atoms with E-state index in [1.54, 1.807) is 0 Å². The molecule has 0 spiro atoms. The SMILES string of the molecule is CCCCCC[N+]1(C)CCNCC1.O=S(=O)([N-]S(=O)(=O)C(F)(F)F)C(F)(F)F. The molecule has 1 aliphatic heterocycles. The second-order valence-corrected chi connectivity index (χ2v) is 9.94. The van der Waals surface area contributed by atoms with Crippen LogP contribution in [-0.2, 0) is 20.0 Å². The van der Waals surface area contributed by atoms with Crippen LogP contribution in [-0.4, -0.2) is 72.1 Å². The Labute approximate surface area is 161 Å². The lowest BCUT2D eigenvalue weighted by Gasteiger charge is -2.38. The highest BCUT2D eigenvalue weighted by molar-refractivity contribution is 8.13. The molecule has 0 aromatic rings. The van der Waals surface area contributed by atoms with Gasteiger partial charge in [-0.2, -0.15) is 26.3 Å². The molecule has 0 bridgehead atoms. The van der Waals surface area contributed by atoms with Crippen LogP contribution >= 0.6 is 0 Å². The van der Waals surface area contributed by atoms with Crippen molar-refractivity contribution >= 4 is 20.0 Å². The fourth-order valence-electron chi connectivity index (χ4n) is 2.29. The Kier molecular flexibility index (Phi) is 10.2. The van der Waals surface area contributed by atoms with E-state index < -0.39 is 31.1 Å². The third-order valence-corrected chi connectivity index (χ3v) is 6.73. The number of sulfonamides is 2. The minimum absolute atomic E-state index is 0.778. The lowest BCUT2D eigenvalue weighted by molar-refractivity contribution is -0.911. The van der Waals surface area contributed by atoms with Crippen molar-refractivity contribution in [1.29, 1.82) is 0 Å². The predicted molar refractivity (Wildman–Crippen MR) is 91.1 cm³/mol. The molecule has 0 unspecified atom stereocenters. The second kappa shape index (κ2) is 10.4. The Bertz CT molecular complexity index is 629. The number of hydrogen-bond acceptors (Lipinski definition) is 5. The number of nitrogens with zero attached hydrogens (tertiary/aromatic N) is 2. The summed E-state index contributed by atoms with van der Waals surface area (Å²) in [6.07, 6.45) is 5.62. The summed E-state index contributed by atoms with van der Waals surface area (Å²) in [4.78, 5) is 0. The molecule has 0 aliphatic carbocycles. The molecule has 1 saturated heterocycles. The average molecular weight is 465 g/mol. The molecule has 170 valence electrons. The van der Waals surface area contributed by atoms with Gasteiger partial charge in [0, 0.05) is 13.1 Å². The summed E-state index contributed by atoms with van der Waals surface area (Å²) in [5.74, 6) is 0. The van der Waals surface area contributed by atoms with Crippen molar-refractivity contribution < 1.29 is 47.7 Å². The van der Waals surface area contributed by atoms with E-state index >= 15 is 0 Å². The molecule has 0 atom stereocenters. The van der Waals surface area contributed by atoms with Crippen LogP contribution in [0.2, 0.25) is 0 Å². The molecular weight excluding hydrogens is 440 g/mol. The van der Waals surface area contributed by atoms with Gasteiger partial charge in [-0.15, -0.1) is 0 Å². The highest BCUT2D eigenvalue weighted by Crippen LogP contribution is 2.36. The number of unbranched alkanes of at least 4 members (excludes halogenated alkanes) is 3. The van der Waals surface area contributed by atoms with Gasteiger partial charge >= 0.3 is 11.0 Å². The van der Waals surface area contributed by atoms with Gasteiger partial charge < -0.3 is 13.9 Å². The van der Waals surface area contributed by atoms with Gasteiger partial charge in [0.05, 0.1) is 26.7 Å². The summed E-state index contributed by atoms with van der Waals surface area (Å²) < 4.78 is 110. The Morgan fingerprint density at radius 2 is 1.29 bits per heavy atom. The summed E-state index contributed by atoms with van der Waals surface area (Å²) in [6.45, 7) is 8.75. The Morgan fingerprint density at radius 3 is 1.64 bits per heavy atom. The Morgan fingerprint density at radius 1 is 0.857 bits per heavy atom. The Balaban J connectivity index is 0.000000525. The van der Waals surface area contributed by atoms with Crippen molar-refractivity contribution in [1.82, 2.24) is 5.32 Å². The fourth-order valence-corrected chi connectivity index (χ4v) is 4.00. The second-order valence-electron chi connectivity index (χ2n) is 6.52. The highest BCUT2D eigenvalue weighted by atomic mass is 32.3. The molecule has 1 rings (SSSR count). The van der Waals surface area contributed by atoms with Crippen LogP contribution in [0.4, 0.5) is 26.3 Å². The first-order valence-corrected chi connectivity index (χ1v) is 11.3. The zero-order valence-electron chi connectivity index (χ0n) is 15.5. The van der Waals surface area contributed by atoms with E-state index in [9.17, 15) is 43.2 Å². The van der Waals surface area contributed by atoms with Crippen LogP contribution in [0.1, 0.15) is 32.6 Å². The van der Waals surface area contributed by atoms with Crippen LogP contribution in [0.15, 0.2) is 0 Å². The fraction of sp³-hybridized carbons (Fsp3) is 1.00. The lowest BCUT2D eigenvalue weighted by Crippen LogP contribution is -2.56. The predicted octanol–water partition coefficient (Wildman–Crippen LogP) is 2.68. The zero-order chi connectivity index (χ0) is 22.3. The monoisotopic (exact) mass is 465 g/mol. The molecule has 1 aliphatic rings. The first-order chi connectivity index (χ1) is 12.5. The van der Waals surface area contributed by atoms with Crippen LogP contribution in [0.5, 0.6) is 0 Å². The number of alkyl halides is 6. The normalized spacial score (nSPS) is 18.3. The molecule has 7 nitrogen and oxygen atoms in total. The molecule has 28 heavy (non-hydrogen) atoms. The summed E-state index contributed by atoms with van der Waals surface area (Å²) in [6, 6.07) is 0. The van der Waals surface area contributed by atoms with Gasteiger partial charge in [0.1, 0.15) is 0 Å². The van der Waals surface area contributed by atoms with Crippen LogP contribution in [0.3, 0.4) is 0 Å². The molecule has 0 aromatic carbocycles. The molecule has 0 saturated carbocycles. The van der Waals surface area contributed by atoms with Crippen molar-refractivity contribution in [3.63, 3.8) is 0 Å². The van der Waals surface area contributed by atoms with E-state index in [4.69, 9.17) is 0 Å². The third kappa shape index (κ3) is 9.24. The van der Waals surface area contributed by atoms with E-state index in [-0.39, 0.29) is 0 Å². The summed E-state index contributed by atoms with van der Waals surface area (Å²) in [5, 5.41) is 3.43. The number of halogens is 6. The van der Waals surface area contributed by atoms with Gasteiger partial charge in [0.2, 0.25) is 0 Å². The third-order valence-electron chi connectivity index (χ3n) is 3.99. The summed E-state index contributed by atoms with van der Waals surface area (Å²) in [5.41, 5.74) is -12.4. The molecular formula is C13H25F6N3O4S2. The molecule has 1 heterocycles. The van der Waals surface area contributed by atoms with E-state index in [0.29, 0.717) is 0 Å². The molecule has 0 amide bonds. The first kappa shape index (κ1) is 27.4. The smallest absolute Gasteiger partial charge is 0.421 e. The van der Waals surface area contributed by atoms with Gasteiger partial charge in [-0.25, -0.2) is 16.8 Å². The first-order valence-electron chi connectivity index (χ1n) is 8.38. The summed E-state index contributed by atoms with van der Waals surface area (Å²) in [7, 11) is -11.0. The van der Waals surface area contributed by atoms with Crippen molar-refractivity contribution in [2.24, 2.45) is 0 Å². The molecule has 0 aromatic heterocycles. The standard InChI is InChI=1S/C11H25N2.C2F6NO4S2/c1-3-4-5-6-9-13(2)10-7-12-8-11-13;3-1(4,5)14(10,11)9-15(12,13)2(6,7)8/h12H,3-11H2,1-2H3;/q+1;-1. The Hall–Kier alpha value is -0.640. The number of rotatable bonds is 7. The topological polar surface area (TPSA) is 94.4 Å². The van der Waals surface area contributed by atoms with Gasteiger partial charge in [-0.1, -0.05) is 19.8 Å². The summed E-state index contributed by atoms with van der Waals surface area (Å²) >= 11 is 0. The largest absolute Gasteiger partial charge is 0.480 e. The van der Waals surface area contributed by atoms with Gasteiger partial charge in [0.15, 0.2) is 20.0 Å². The van der Waals surface area contributed by atoms with Crippen LogP contribution in [0, 0.1) is 0 Å². The number of likely N-dealkylation sites (N-methyl/N-ethyl adjacent to an activating group) is 1. The van der Waals surface area contributed by atoms with E-state index in [0.717, 1.165) is 4.13 Å². The maximum absolute atomic E-state index is 11.4. The number of hydrogen-bond donors (Lipinski definition) is 1. The quantitative estimate of drug-likeness (QED) is 0.355. The number of quaternary nitrogens is 1. The van der Waals surface area contributed by atoms with E-state index in [1.165, 1.54) is 62.9 Å².